The van der Waals surface area contributed by atoms with Gasteiger partial charge in [0, 0.05) is 38.2 Å². The van der Waals surface area contributed by atoms with Gasteiger partial charge in [0.1, 0.15) is 17.6 Å². The van der Waals surface area contributed by atoms with Crippen molar-refractivity contribution < 1.29 is 9.53 Å². The van der Waals surface area contributed by atoms with Crippen LogP contribution >= 0.6 is 58.0 Å². The SMILES string of the molecule is CC(C(=O)Nc1cccc(Cl)c1)N1C=CN(C(Cl)C(OCc2ccc(Cl)cc2Cl)c2ccc(Cl)cc2)C1. The Balaban J connectivity index is 1.44. The van der Waals surface area contributed by atoms with Gasteiger partial charge in [-0.25, -0.2) is 0 Å². The number of hydrogen-bond acceptors (Lipinski definition) is 4. The number of ether oxygens (including phenoxy) is 1. The standard InChI is InChI=1S/C27H24Cl5N3O2/c1-17(27(36)33-23-4-2-3-21(29)13-23)34-11-12-35(16-34)26(32)25(18-5-8-20(28)9-6-18)37-15-19-7-10-22(30)14-24(19)31/h2-14,17,25-26H,15-16H2,1H3,(H,33,36). The molecule has 10 heteroatoms. The smallest absolute Gasteiger partial charge is 0.246 e. The van der Waals surface area contributed by atoms with Gasteiger partial charge in [-0.15, -0.1) is 0 Å². The summed E-state index contributed by atoms with van der Waals surface area (Å²) < 4.78 is 6.29. The van der Waals surface area contributed by atoms with Crippen LogP contribution in [0.25, 0.3) is 0 Å². The van der Waals surface area contributed by atoms with E-state index in [2.05, 4.69) is 5.32 Å². The van der Waals surface area contributed by atoms with Gasteiger partial charge < -0.3 is 19.9 Å². The summed E-state index contributed by atoms with van der Waals surface area (Å²) in [6.07, 6.45) is 3.17. The largest absolute Gasteiger partial charge is 0.365 e. The van der Waals surface area contributed by atoms with E-state index in [-0.39, 0.29) is 12.5 Å². The number of nitrogens with zero attached hydrogens (tertiary/aromatic N) is 2. The van der Waals surface area contributed by atoms with Crippen molar-refractivity contribution in [3.8, 4) is 0 Å². The topological polar surface area (TPSA) is 44.8 Å². The first-order valence-corrected chi connectivity index (χ1v) is 13.4. The van der Waals surface area contributed by atoms with E-state index in [9.17, 15) is 4.79 Å². The Labute approximate surface area is 241 Å². The highest BCUT2D eigenvalue weighted by atomic mass is 35.5. The zero-order valence-corrected chi connectivity index (χ0v) is 23.5. The Morgan fingerprint density at radius 2 is 1.59 bits per heavy atom. The Kier molecular flexibility index (Phi) is 9.51. The Morgan fingerprint density at radius 1 is 0.919 bits per heavy atom. The van der Waals surface area contributed by atoms with Crippen molar-refractivity contribution >= 4 is 69.6 Å². The zero-order chi connectivity index (χ0) is 26.5. The van der Waals surface area contributed by atoms with Crippen molar-refractivity contribution in [3.05, 3.63) is 110 Å². The summed E-state index contributed by atoms with van der Waals surface area (Å²) in [4.78, 5) is 16.7. The van der Waals surface area contributed by atoms with Crippen LogP contribution in [0.5, 0.6) is 0 Å². The number of hydrogen-bond donors (Lipinski definition) is 1. The summed E-state index contributed by atoms with van der Waals surface area (Å²) in [5.74, 6) is -0.164. The van der Waals surface area contributed by atoms with E-state index < -0.39 is 17.6 Å². The third-order valence-electron chi connectivity index (χ3n) is 5.94. The molecule has 0 fully saturated rings. The van der Waals surface area contributed by atoms with Crippen LogP contribution in [0.3, 0.4) is 0 Å². The van der Waals surface area contributed by atoms with Crippen molar-refractivity contribution in [1.82, 2.24) is 9.80 Å². The Hall–Kier alpha value is -2.12. The highest BCUT2D eigenvalue weighted by molar-refractivity contribution is 6.35. The zero-order valence-electron chi connectivity index (χ0n) is 19.8. The number of halogens is 5. The number of benzene rings is 3. The van der Waals surface area contributed by atoms with Gasteiger partial charge >= 0.3 is 0 Å². The van der Waals surface area contributed by atoms with E-state index in [0.29, 0.717) is 32.4 Å². The van der Waals surface area contributed by atoms with Gasteiger partial charge in [0.2, 0.25) is 5.91 Å². The van der Waals surface area contributed by atoms with Gasteiger partial charge in [-0.05, 0) is 60.5 Å². The number of anilines is 1. The molecule has 3 aromatic carbocycles. The van der Waals surface area contributed by atoms with Crippen molar-refractivity contribution in [3.63, 3.8) is 0 Å². The minimum atomic E-state index is -0.586. The lowest BCUT2D eigenvalue weighted by molar-refractivity contribution is -0.120. The van der Waals surface area contributed by atoms with Gasteiger partial charge in [0.15, 0.2) is 0 Å². The summed E-state index contributed by atoms with van der Waals surface area (Å²) in [7, 11) is 0. The van der Waals surface area contributed by atoms with Crippen LogP contribution in [-0.4, -0.2) is 33.9 Å². The van der Waals surface area contributed by atoms with Crippen molar-refractivity contribution in [2.75, 3.05) is 12.0 Å². The van der Waals surface area contributed by atoms with Crippen molar-refractivity contribution in [2.45, 2.75) is 31.2 Å². The molecule has 3 aromatic rings. The lowest BCUT2D eigenvalue weighted by atomic mass is 10.1. The molecule has 0 bridgehead atoms. The van der Waals surface area contributed by atoms with E-state index >= 15 is 0 Å². The monoisotopic (exact) mass is 597 g/mol. The molecule has 0 spiro atoms. The number of carbonyl (C=O) groups is 1. The minimum absolute atomic E-state index is 0.164. The summed E-state index contributed by atoms with van der Waals surface area (Å²) in [6.45, 7) is 2.45. The molecule has 37 heavy (non-hydrogen) atoms. The van der Waals surface area contributed by atoms with E-state index in [4.69, 9.17) is 62.7 Å². The van der Waals surface area contributed by atoms with Crippen LogP contribution in [0.1, 0.15) is 24.2 Å². The van der Waals surface area contributed by atoms with Gasteiger partial charge in [0.25, 0.3) is 0 Å². The normalized spacial score (nSPS) is 15.5. The fourth-order valence-corrected chi connectivity index (χ4v) is 4.93. The summed E-state index contributed by atoms with van der Waals surface area (Å²) in [5, 5.41) is 5.12. The highest BCUT2D eigenvalue weighted by Gasteiger charge is 2.32. The Morgan fingerprint density at radius 3 is 2.30 bits per heavy atom. The maximum Gasteiger partial charge on any atom is 0.246 e. The molecule has 1 aliphatic heterocycles. The van der Waals surface area contributed by atoms with E-state index in [1.165, 1.54) is 0 Å². The second kappa shape index (κ2) is 12.6. The van der Waals surface area contributed by atoms with Crippen LogP contribution < -0.4 is 5.32 Å². The molecule has 5 nitrogen and oxygen atoms in total. The van der Waals surface area contributed by atoms with Crippen LogP contribution in [0.4, 0.5) is 5.69 Å². The molecular weight excluding hydrogens is 576 g/mol. The molecule has 1 heterocycles. The predicted molar refractivity (Wildman–Crippen MR) is 152 cm³/mol. The third kappa shape index (κ3) is 7.26. The van der Waals surface area contributed by atoms with Crippen LogP contribution in [0.15, 0.2) is 79.1 Å². The number of alkyl halides is 1. The molecule has 1 aliphatic rings. The van der Waals surface area contributed by atoms with Gasteiger partial charge in [-0.1, -0.05) is 82.3 Å². The van der Waals surface area contributed by atoms with Crippen LogP contribution in [0.2, 0.25) is 20.1 Å². The van der Waals surface area contributed by atoms with Crippen LogP contribution in [-0.2, 0) is 16.1 Å². The molecule has 0 saturated heterocycles. The average Bonchev–Trinajstić information content (AvgIpc) is 3.36. The molecule has 3 unspecified atom stereocenters. The Bertz CT molecular complexity index is 1270. The molecule has 0 aromatic heterocycles. The van der Waals surface area contributed by atoms with E-state index in [1.807, 2.05) is 47.3 Å². The molecule has 1 amide bonds. The first-order chi connectivity index (χ1) is 17.7. The van der Waals surface area contributed by atoms with Gasteiger partial charge in [-0.3, -0.25) is 4.79 Å². The van der Waals surface area contributed by atoms with Crippen molar-refractivity contribution in [2.24, 2.45) is 0 Å². The summed E-state index contributed by atoms with van der Waals surface area (Å²) >= 11 is 31.5. The lowest BCUT2D eigenvalue weighted by Crippen LogP contribution is -2.42. The quantitative estimate of drug-likeness (QED) is 0.199. The highest BCUT2D eigenvalue weighted by Crippen LogP contribution is 2.33. The second-order valence-electron chi connectivity index (χ2n) is 8.54. The van der Waals surface area contributed by atoms with Gasteiger partial charge in [-0.2, -0.15) is 0 Å². The molecule has 0 aliphatic carbocycles. The summed E-state index contributed by atoms with van der Waals surface area (Å²) in [5.41, 5.74) is 1.69. The van der Waals surface area contributed by atoms with E-state index in [0.717, 1.165) is 11.1 Å². The van der Waals surface area contributed by atoms with Gasteiger partial charge in [0.05, 0.1) is 13.3 Å². The third-order valence-corrected chi connectivity index (χ3v) is 7.50. The number of carbonyl (C=O) groups excluding carboxylic acids is 1. The predicted octanol–water partition coefficient (Wildman–Crippen LogP) is 8.20. The second-order valence-corrected chi connectivity index (χ2v) is 10.7. The first kappa shape index (κ1) is 27.9. The maximum atomic E-state index is 12.8. The number of amides is 1. The minimum Gasteiger partial charge on any atom is -0.365 e. The molecule has 1 N–H and O–H groups in total. The first-order valence-electron chi connectivity index (χ1n) is 11.4. The molecule has 3 atom stereocenters. The van der Waals surface area contributed by atoms with E-state index in [1.54, 1.807) is 48.5 Å². The number of rotatable bonds is 9. The maximum absolute atomic E-state index is 12.8. The molecule has 0 saturated carbocycles. The molecular formula is C27H24Cl5N3O2. The summed E-state index contributed by atoms with van der Waals surface area (Å²) in [6, 6.07) is 19.2. The molecule has 0 radical (unpaired) electrons. The lowest BCUT2D eigenvalue weighted by Gasteiger charge is -2.33. The molecule has 4 rings (SSSR count). The fourth-order valence-electron chi connectivity index (χ4n) is 3.81. The molecule has 194 valence electrons. The fraction of sp³-hybridized carbons (Fsp3) is 0.222. The average molecular weight is 600 g/mol. The van der Waals surface area contributed by atoms with Crippen LogP contribution in [0, 0.1) is 0 Å². The number of nitrogens with one attached hydrogen (secondary N) is 1. The van der Waals surface area contributed by atoms with Crippen molar-refractivity contribution in [1.29, 1.82) is 0 Å².